The fourth-order valence-corrected chi connectivity index (χ4v) is 3.76. The van der Waals surface area contributed by atoms with Crippen molar-refractivity contribution in [1.82, 2.24) is 20.5 Å². The Morgan fingerprint density at radius 3 is 2.63 bits per heavy atom. The van der Waals surface area contributed by atoms with Crippen molar-refractivity contribution in [2.24, 2.45) is 4.99 Å². The van der Waals surface area contributed by atoms with E-state index in [1.54, 1.807) is 0 Å². The SMILES string of the molecule is CN=C(NCCOc1ccccc1C(C)C)NC1CCN(Cc2ccccn2)CC1. The van der Waals surface area contributed by atoms with Crippen LogP contribution in [-0.2, 0) is 6.54 Å². The summed E-state index contributed by atoms with van der Waals surface area (Å²) in [6, 6.07) is 14.8. The maximum absolute atomic E-state index is 6.00. The third-order valence-corrected chi connectivity index (χ3v) is 5.46. The second-order valence-electron chi connectivity index (χ2n) is 8.06. The van der Waals surface area contributed by atoms with Crippen LogP contribution >= 0.6 is 0 Å². The highest BCUT2D eigenvalue weighted by Crippen LogP contribution is 2.25. The highest BCUT2D eigenvalue weighted by atomic mass is 16.5. The van der Waals surface area contributed by atoms with E-state index in [0.29, 0.717) is 25.1 Å². The predicted molar refractivity (Wildman–Crippen MR) is 123 cm³/mol. The van der Waals surface area contributed by atoms with Gasteiger partial charge in [0.2, 0.25) is 0 Å². The number of hydrogen-bond acceptors (Lipinski definition) is 4. The monoisotopic (exact) mass is 409 g/mol. The lowest BCUT2D eigenvalue weighted by atomic mass is 10.0. The number of rotatable bonds is 8. The maximum atomic E-state index is 6.00. The minimum atomic E-state index is 0.443. The van der Waals surface area contributed by atoms with Crippen molar-refractivity contribution < 1.29 is 4.74 Å². The van der Waals surface area contributed by atoms with Crippen LogP contribution in [0.3, 0.4) is 0 Å². The summed E-state index contributed by atoms with van der Waals surface area (Å²) < 4.78 is 6.00. The first kappa shape index (κ1) is 22.1. The fourth-order valence-electron chi connectivity index (χ4n) is 3.76. The normalized spacial score (nSPS) is 15.9. The molecule has 1 aliphatic rings. The Hall–Kier alpha value is -2.60. The van der Waals surface area contributed by atoms with Crippen molar-refractivity contribution in [2.45, 2.75) is 45.2 Å². The lowest BCUT2D eigenvalue weighted by Gasteiger charge is -2.32. The number of hydrogen-bond donors (Lipinski definition) is 2. The first-order valence-corrected chi connectivity index (χ1v) is 11.0. The predicted octanol–water partition coefficient (Wildman–Crippen LogP) is 3.41. The third-order valence-electron chi connectivity index (χ3n) is 5.46. The lowest BCUT2D eigenvalue weighted by Crippen LogP contribution is -2.49. The van der Waals surface area contributed by atoms with E-state index < -0.39 is 0 Å². The number of benzene rings is 1. The van der Waals surface area contributed by atoms with E-state index in [9.17, 15) is 0 Å². The number of ether oxygens (including phenoxy) is 1. The standard InChI is InChI=1S/C24H35N5O/c1-19(2)22-9-4-5-10-23(22)30-17-14-27-24(25-3)28-20-11-15-29(16-12-20)18-21-8-6-7-13-26-21/h4-10,13,19-20H,11-12,14-18H2,1-3H3,(H2,25,27,28). The van der Waals surface area contributed by atoms with Gasteiger partial charge in [-0.05, 0) is 42.5 Å². The molecule has 0 atom stereocenters. The van der Waals surface area contributed by atoms with Crippen molar-refractivity contribution in [3.8, 4) is 5.75 Å². The fraction of sp³-hybridized carbons (Fsp3) is 0.500. The third kappa shape index (κ3) is 6.73. The Morgan fingerprint density at radius 2 is 1.93 bits per heavy atom. The summed E-state index contributed by atoms with van der Waals surface area (Å²) in [5.41, 5.74) is 2.39. The molecule has 1 aliphatic heterocycles. The molecule has 2 heterocycles. The van der Waals surface area contributed by atoms with Crippen LogP contribution in [0, 0.1) is 0 Å². The summed E-state index contributed by atoms with van der Waals surface area (Å²) in [7, 11) is 1.82. The molecule has 0 unspecified atom stereocenters. The molecule has 6 heteroatoms. The molecule has 2 N–H and O–H groups in total. The average molecular weight is 410 g/mol. The maximum Gasteiger partial charge on any atom is 0.191 e. The van der Waals surface area contributed by atoms with Crippen LogP contribution in [-0.4, -0.2) is 55.2 Å². The zero-order valence-corrected chi connectivity index (χ0v) is 18.5. The summed E-state index contributed by atoms with van der Waals surface area (Å²) in [5, 5.41) is 6.94. The van der Waals surface area contributed by atoms with Crippen LogP contribution in [0.15, 0.2) is 53.7 Å². The number of likely N-dealkylation sites (tertiary alicyclic amines) is 1. The van der Waals surface area contributed by atoms with E-state index in [1.165, 1.54) is 5.56 Å². The Labute approximate surface area is 180 Å². The van der Waals surface area contributed by atoms with Crippen molar-refractivity contribution in [3.05, 3.63) is 59.9 Å². The molecule has 30 heavy (non-hydrogen) atoms. The van der Waals surface area contributed by atoms with E-state index in [1.807, 2.05) is 31.4 Å². The van der Waals surface area contributed by atoms with Gasteiger partial charge in [-0.2, -0.15) is 0 Å². The van der Waals surface area contributed by atoms with Crippen LogP contribution in [0.4, 0.5) is 0 Å². The number of aromatic nitrogens is 1. The van der Waals surface area contributed by atoms with Crippen LogP contribution < -0.4 is 15.4 Å². The second kappa shape index (κ2) is 11.6. The van der Waals surface area contributed by atoms with Gasteiger partial charge in [0.1, 0.15) is 12.4 Å². The van der Waals surface area contributed by atoms with Gasteiger partial charge in [-0.3, -0.25) is 14.9 Å². The average Bonchev–Trinajstić information content (AvgIpc) is 2.78. The molecule has 2 aromatic rings. The molecule has 0 aliphatic carbocycles. The molecule has 0 spiro atoms. The first-order valence-electron chi connectivity index (χ1n) is 11.0. The van der Waals surface area contributed by atoms with Crippen LogP contribution in [0.5, 0.6) is 5.75 Å². The molecule has 1 saturated heterocycles. The number of para-hydroxylation sites is 1. The topological polar surface area (TPSA) is 61.8 Å². The van der Waals surface area contributed by atoms with E-state index >= 15 is 0 Å². The number of nitrogens with zero attached hydrogens (tertiary/aromatic N) is 3. The number of nitrogens with one attached hydrogen (secondary N) is 2. The van der Waals surface area contributed by atoms with Crippen molar-refractivity contribution in [1.29, 1.82) is 0 Å². The van der Waals surface area contributed by atoms with Crippen molar-refractivity contribution >= 4 is 5.96 Å². The van der Waals surface area contributed by atoms with Gasteiger partial charge in [-0.15, -0.1) is 0 Å². The lowest BCUT2D eigenvalue weighted by molar-refractivity contribution is 0.196. The van der Waals surface area contributed by atoms with Gasteiger partial charge in [0, 0.05) is 38.9 Å². The zero-order valence-electron chi connectivity index (χ0n) is 18.5. The van der Waals surface area contributed by atoms with E-state index in [4.69, 9.17) is 4.74 Å². The quantitative estimate of drug-likeness (QED) is 0.397. The number of piperidine rings is 1. The summed E-state index contributed by atoms with van der Waals surface area (Å²) in [5.74, 6) is 2.27. The van der Waals surface area contributed by atoms with E-state index in [2.05, 4.69) is 63.6 Å². The minimum Gasteiger partial charge on any atom is -0.491 e. The highest BCUT2D eigenvalue weighted by Gasteiger charge is 2.20. The molecule has 3 rings (SSSR count). The molecule has 1 aromatic carbocycles. The Bertz CT molecular complexity index is 785. The molecule has 162 valence electrons. The number of aliphatic imine (C=N–C) groups is 1. The van der Waals surface area contributed by atoms with Crippen LogP contribution in [0.25, 0.3) is 0 Å². The number of pyridine rings is 1. The van der Waals surface area contributed by atoms with Gasteiger partial charge >= 0.3 is 0 Å². The Morgan fingerprint density at radius 1 is 1.17 bits per heavy atom. The largest absolute Gasteiger partial charge is 0.491 e. The van der Waals surface area contributed by atoms with Crippen LogP contribution in [0.2, 0.25) is 0 Å². The van der Waals surface area contributed by atoms with Gasteiger partial charge in [0.15, 0.2) is 5.96 Å². The van der Waals surface area contributed by atoms with Gasteiger partial charge in [-0.25, -0.2) is 0 Å². The van der Waals surface area contributed by atoms with Crippen LogP contribution in [0.1, 0.15) is 43.9 Å². The highest BCUT2D eigenvalue weighted by molar-refractivity contribution is 5.79. The molecule has 6 nitrogen and oxygen atoms in total. The first-order chi connectivity index (χ1) is 14.7. The molecule has 0 amide bonds. The summed E-state index contributed by atoms with van der Waals surface area (Å²) in [6.07, 6.45) is 4.07. The van der Waals surface area contributed by atoms with Gasteiger partial charge in [0.05, 0.1) is 12.2 Å². The molecular formula is C24H35N5O. The summed E-state index contributed by atoms with van der Waals surface area (Å²) in [6.45, 7) is 8.76. The zero-order chi connectivity index (χ0) is 21.2. The second-order valence-corrected chi connectivity index (χ2v) is 8.06. The Balaban J connectivity index is 1.36. The smallest absolute Gasteiger partial charge is 0.191 e. The van der Waals surface area contributed by atoms with Crippen molar-refractivity contribution in [3.63, 3.8) is 0 Å². The van der Waals surface area contributed by atoms with Gasteiger partial charge in [0.25, 0.3) is 0 Å². The summed E-state index contributed by atoms with van der Waals surface area (Å²) >= 11 is 0. The minimum absolute atomic E-state index is 0.443. The van der Waals surface area contributed by atoms with Gasteiger partial charge < -0.3 is 15.4 Å². The molecular weight excluding hydrogens is 374 g/mol. The van der Waals surface area contributed by atoms with E-state index in [0.717, 1.165) is 49.9 Å². The molecule has 1 aromatic heterocycles. The van der Waals surface area contributed by atoms with E-state index in [-0.39, 0.29) is 0 Å². The molecule has 0 bridgehead atoms. The molecule has 1 fully saturated rings. The van der Waals surface area contributed by atoms with Gasteiger partial charge in [-0.1, -0.05) is 38.1 Å². The molecule has 0 radical (unpaired) electrons. The summed E-state index contributed by atoms with van der Waals surface area (Å²) in [4.78, 5) is 11.3. The van der Waals surface area contributed by atoms with Crippen molar-refractivity contribution in [2.75, 3.05) is 33.3 Å². The number of guanidine groups is 1. The Kier molecular flexibility index (Phi) is 8.51. The molecule has 0 saturated carbocycles.